The first-order chi connectivity index (χ1) is 7.33. The van der Waals surface area contributed by atoms with Crippen LogP contribution in [0, 0.1) is 11.3 Å². The minimum atomic E-state index is 0.718. The molecule has 0 heterocycles. The van der Waals surface area contributed by atoms with Crippen LogP contribution in [0.3, 0.4) is 0 Å². The largest absolute Gasteiger partial charge is 0.192 e. The van der Waals surface area contributed by atoms with Crippen LogP contribution in [0.2, 0.25) is 0 Å². The molecule has 15 heavy (non-hydrogen) atoms. The number of hydrogen-bond acceptors (Lipinski definition) is 1. The van der Waals surface area contributed by atoms with Crippen LogP contribution < -0.4 is 0 Å². The van der Waals surface area contributed by atoms with E-state index < -0.39 is 0 Å². The van der Waals surface area contributed by atoms with Crippen molar-refractivity contribution in [1.82, 2.24) is 0 Å². The Labute approximate surface area is 97.5 Å². The van der Waals surface area contributed by atoms with Crippen LogP contribution in [0.5, 0.6) is 0 Å². The van der Waals surface area contributed by atoms with Crippen molar-refractivity contribution >= 4 is 26.7 Å². The highest BCUT2D eigenvalue weighted by Crippen LogP contribution is 2.18. The van der Waals surface area contributed by atoms with Gasteiger partial charge in [0.05, 0.1) is 11.6 Å². The van der Waals surface area contributed by atoms with E-state index in [2.05, 4.69) is 40.2 Å². The summed E-state index contributed by atoms with van der Waals surface area (Å²) in [6.45, 7) is 0. The van der Waals surface area contributed by atoms with Crippen LogP contribution in [0.1, 0.15) is 11.1 Å². The molecule has 0 saturated heterocycles. The summed E-state index contributed by atoms with van der Waals surface area (Å²) in [5.74, 6) is 0. The molecule has 0 bridgehead atoms. The molecule has 2 aromatic carbocycles. The Morgan fingerprint density at radius 3 is 2.53 bits per heavy atom. The van der Waals surface area contributed by atoms with Gasteiger partial charge in [-0.2, -0.15) is 5.26 Å². The molecule has 74 valence electrons. The lowest BCUT2D eigenvalue weighted by Gasteiger charge is -2.02. The molecule has 0 aromatic heterocycles. The summed E-state index contributed by atoms with van der Waals surface area (Å²) in [6, 6.07) is 14.3. The summed E-state index contributed by atoms with van der Waals surface area (Å²) in [7, 11) is 0. The fraction of sp³-hybridized carbons (Fsp3) is 0.154. The Kier molecular flexibility index (Phi) is 3.03. The Bertz CT molecular complexity index is 526. The van der Waals surface area contributed by atoms with Crippen molar-refractivity contribution in [1.29, 1.82) is 5.26 Å². The zero-order valence-electron chi connectivity index (χ0n) is 8.20. The molecule has 0 saturated carbocycles. The van der Waals surface area contributed by atoms with Gasteiger partial charge in [0.25, 0.3) is 0 Å². The van der Waals surface area contributed by atoms with E-state index in [1.165, 1.54) is 10.9 Å². The SMILES string of the molecule is N#Cc1ccc2cc(CCBr)ccc2c1. The molecular formula is C13H10BrN. The lowest BCUT2D eigenvalue weighted by molar-refractivity contribution is 1.18. The molecule has 0 radical (unpaired) electrons. The van der Waals surface area contributed by atoms with Gasteiger partial charge in [-0.25, -0.2) is 0 Å². The maximum atomic E-state index is 8.78. The molecule has 1 nitrogen and oxygen atoms in total. The van der Waals surface area contributed by atoms with E-state index in [9.17, 15) is 0 Å². The fourth-order valence-electron chi connectivity index (χ4n) is 1.63. The molecule has 0 unspecified atom stereocenters. The highest BCUT2D eigenvalue weighted by molar-refractivity contribution is 9.09. The van der Waals surface area contributed by atoms with Gasteiger partial charge in [0.1, 0.15) is 0 Å². The quantitative estimate of drug-likeness (QED) is 0.756. The molecule has 0 fully saturated rings. The van der Waals surface area contributed by atoms with Crippen molar-refractivity contribution in [3.8, 4) is 6.07 Å². The number of fused-ring (bicyclic) bond motifs is 1. The van der Waals surface area contributed by atoms with Gasteiger partial charge in [0, 0.05) is 5.33 Å². The third-order valence-electron chi connectivity index (χ3n) is 2.42. The van der Waals surface area contributed by atoms with Crippen molar-refractivity contribution in [3.63, 3.8) is 0 Å². The molecule has 2 heteroatoms. The van der Waals surface area contributed by atoms with Crippen LogP contribution in [0.4, 0.5) is 0 Å². The van der Waals surface area contributed by atoms with Gasteiger partial charge < -0.3 is 0 Å². The van der Waals surface area contributed by atoms with Gasteiger partial charge in [-0.15, -0.1) is 0 Å². The summed E-state index contributed by atoms with van der Waals surface area (Å²) in [5.41, 5.74) is 2.04. The molecule has 0 atom stereocenters. The predicted octanol–water partition coefficient (Wildman–Crippen LogP) is 3.65. The Morgan fingerprint density at radius 1 is 1.07 bits per heavy atom. The Balaban J connectivity index is 2.51. The molecule has 0 aliphatic heterocycles. The summed E-state index contributed by atoms with van der Waals surface area (Å²) in [4.78, 5) is 0. The number of halogens is 1. The van der Waals surface area contributed by atoms with E-state index in [0.717, 1.165) is 22.7 Å². The first-order valence-corrected chi connectivity index (χ1v) is 5.94. The van der Waals surface area contributed by atoms with Gasteiger partial charge in [-0.3, -0.25) is 0 Å². The second-order valence-corrected chi connectivity index (χ2v) is 4.24. The minimum absolute atomic E-state index is 0.718. The molecule has 2 rings (SSSR count). The third-order valence-corrected chi connectivity index (χ3v) is 2.81. The van der Waals surface area contributed by atoms with Crippen molar-refractivity contribution in [2.75, 3.05) is 5.33 Å². The number of nitrogens with zero attached hydrogens (tertiary/aromatic N) is 1. The van der Waals surface area contributed by atoms with E-state index in [-0.39, 0.29) is 0 Å². The van der Waals surface area contributed by atoms with Crippen LogP contribution >= 0.6 is 15.9 Å². The zero-order chi connectivity index (χ0) is 10.7. The lowest BCUT2D eigenvalue weighted by Crippen LogP contribution is -1.85. The fourth-order valence-corrected chi connectivity index (χ4v) is 2.09. The summed E-state index contributed by atoms with van der Waals surface area (Å²) in [5, 5.41) is 12.1. The average molecular weight is 260 g/mol. The number of benzene rings is 2. The van der Waals surface area contributed by atoms with E-state index in [1.54, 1.807) is 0 Å². The molecule has 0 amide bonds. The van der Waals surface area contributed by atoms with Crippen LogP contribution in [0.15, 0.2) is 36.4 Å². The summed E-state index contributed by atoms with van der Waals surface area (Å²) < 4.78 is 0. The molecule has 0 spiro atoms. The predicted molar refractivity (Wildman–Crippen MR) is 66.2 cm³/mol. The van der Waals surface area contributed by atoms with Gasteiger partial charge in [-0.05, 0) is 34.9 Å². The molecule has 2 aromatic rings. The highest BCUT2D eigenvalue weighted by atomic mass is 79.9. The average Bonchev–Trinajstić information content (AvgIpc) is 2.29. The second-order valence-electron chi connectivity index (χ2n) is 3.45. The Morgan fingerprint density at radius 2 is 1.80 bits per heavy atom. The molecule has 0 aliphatic carbocycles. The smallest absolute Gasteiger partial charge is 0.0991 e. The first-order valence-electron chi connectivity index (χ1n) is 4.82. The van der Waals surface area contributed by atoms with Crippen LogP contribution in [0.25, 0.3) is 10.8 Å². The molecule has 0 aliphatic rings. The van der Waals surface area contributed by atoms with Gasteiger partial charge in [0.15, 0.2) is 0 Å². The van der Waals surface area contributed by atoms with Crippen LogP contribution in [-0.4, -0.2) is 5.33 Å². The Hall–Kier alpha value is -1.33. The van der Waals surface area contributed by atoms with Crippen molar-refractivity contribution < 1.29 is 0 Å². The maximum Gasteiger partial charge on any atom is 0.0991 e. The highest BCUT2D eigenvalue weighted by Gasteiger charge is 1.97. The maximum absolute atomic E-state index is 8.78. The van der Waals surface area contributed by atoms with E-state index >= 15 is 0 Å². The standard InChI is InChI=1S/C13H10BrN/c14-6-5-10-1-3-13-8-11(9-15)2-4-12(13)7-10/h1-4,7-8H,5-6H2. The van der Waals surface area contributed by atoms with Crippen LogP contribution in [-0.2, 0) is 6.42 Å². The van der Waals surface area contributed by atoms with Gasteiger partial charge in [0.2, 0.25) is 0 Å². The third kappa shape index (κ3) is 2.19. The second kappa shape index (κ2) is 4.46. The number of nitriles is 1. The van der Waals surface area contributed by atoms with Crippen molar-refractivity contribution in [2.45, 2.75) is 6.42 Å². The van der Waals surface area contributed by atoms with Crippen molar-refractivity contribution in [3.05, 3.63) is 47.5 Å². The first kappa shape index (κ1) is 10.2. The number of hydrogen-bond donors (Lipinski definition) is 0. The monoisotopic (exact) mass is 259 g/mol. The normalized spacial score (nSPS) is 10.1. The van der Waals surface area contributed by atoms with E-state index in [1.807, 2.05) is 18.2 Å². The molecular weight excluding hydrogens is 250 g/mol. The number of alkyl halides is 1. The van der Waals surface area contributed by atoms with E-state index in [0.29, 0.717) is 0 Å². The van der Waals surface area contributed by atoms with Gasteiger partial charge >= 0.3 is 0 Å². The van der Waals surface area contributed by atoms with Gasteiger partial charge in [-0.1, -0.05) is 40.2 Å². The lowest BCUT2D eigenvalue weighted by atomic mass is 10.0. The minimum Gasteiger partial charge on any atom is -0.192 e. The van der Waals surface area contributed by atoms with E-state index in [4.69, 9.17) is 5.26 Å². The molecule has 0 N–H and O–H groups in total. The number of rotatable bonds is 2. The number of aryl methyl sites for hydroxylation is 1. The topological polar surface area (TPSA) is 23.8 Å². The summed E-state index contributed by atoms with van der Waals surface area (Å²) >= 11 is 3.43. The van der Waals surface area contributed by atoms with Crippen molar-refractivity contribution in [2.24, 2.45) is 0 Å². The summed E-state index contributed by atoms with van der Waals surface area (Å²) in [6.07, 6.45) is 1.04. The zero-order valence-corrected chi connectivity index (χ0v) is 9.79.